The molecular weight excluding hydrogens is 252 g/mol. The predicted octanol–water partition coefficient (Wildman–Crippen LogP) is 2.99. The van der Waals surface area contributed by atoms with Crippen LogP contribution in [0.25, 0.3) is 0 Å². The summed E-state index contributed by atoms with van der Waals surface area (Å²) in [6, 6.07) is 7.78. The van der Waals surface area contributed by atoms with Crippen LogP contribution in [-0.4, -0.2) is 24.8 Å². The Kier molecular flexibility index (Phi) is 4.25. The Balaban J connectivity index is 1.78. The second kappa shape index (κ2) is 5.72. The number of epoxide rings is 1. The zero-order valence-corrected chi connectivity index (χ0v) is 11.2. The molecule has 1 aromatic rings. The van der Waals surface area contributed by atoms with Crippen molar-refractivity contribution in [2.24, 2.45) is 0 Å². The van der Waals surface area contributed by atoms with E-state index in [1.807, 2.05) is 31.2 Å². The second-order valence-corrected chi connectivity index (χ2v) is 4.92. The largest absolute Gasteiger partial charge is 0.464 e. The van der Waals surface area contributed by atoms with Gasteiger partial charge in [-0.05, 0) is 43.9 Å². The molecule has 98 valence electrons. The number of esters is 1. The highest BCUT2D eigenvalue weighted by molar-refractivity contribution is 6.30. The monoisotopic (exact) mass is 268 g/mol. The molecule has 0 aliphatic carbocycles. The van der Waals surface area contributed by atoms with Crippen LogP contribution in [0.2, 0.25) is 5.02 Å². The molecule has 1 heterocycles. The van der Waals surface area contributed by atoms with Crippen LogP contribution in [0.5, 0.6) is 0 Å². The van der Waals surface area contributed by atoms with Crippen LogP contribution >= 0.6 is 11.6 Å². The Morgan fingerprint density at radius 2 is 2.11 bits per heavy atom. The molecule has 0 amide bonds. The Labute approximate surface area is 112 Å². The summed E-state index contributed by atoms with van der Waals surface area (Å²) in [5, 5.41) is 0.743. The SMILES string of the molecule is CCOC(=O)[C@@]1(CCCc2ccc(Cl)cc2)CO1. The number of carbonyl (C=O) groups excluding carboxylic acids is 1. The highest BCUT2D eigenvalue weighted by Gasteiger charge is 2.52. The van der Waals surface area contributed by atoms with E-state index in [0.717, 1.165) is 17.9 Å². The Morgan fingerprint density at radius 1 is 1.44 bits per heavy atom. The number of halogens is 1. The number of ether oxygens (including phenoxy) is 2. The maximum absolute atomic E-state index is 11.6. The van der Waals surface area contributed by atoms with E-state index in [2.05, 4.69) is 0 Å². The van der Waals surface area contributed by atoms with Crippen molar-refractivity contribution >= 4 is 17.6 Å². The van der Waals surface area contributed by atoms with Crippen LogP contribution in [0.3, 0.4) is 0 Å². The zero-order valence-electron chi connectivity index (χ0n) is 10.4. The summed E-state index contributed by atoms with van der Waals surface area (Å²) < 4.78 is 10.3. The van der Waals surface area contributed by atoms with Crippen molar-refractivity contribution in [2.75, 3.05) is 13.2 Å². The minimum atomic E-state index is -0.650. The summed E-state index contributed by atoms with van der Waals surface area (Å²) in [4.78, 5) is 11.6. The van der Waals surface area contributed by atoms with Gasteiger partial charge in [0.15, 0.2) is 5.60 Å². The molecule has 2 rings (SSSR count). The van der Waals surface area contributed by atoms with Crippen molar-refractivity contribution in [1.29, 1.82) is 0 Å². The van der Waals surface area contributed by atoms with Gasteiger partial charge >= 0.3 is 5.97 Å². The molecule has 1 aliphatic rings. The summed E-state index contributed by atoms with van der Waals surface area (Å²) in [6.45, 7) is 2.70. The quantitative estimate of drug-likeness (QED) is 0.588. The van der Waals surface area contributed by atoms with E-state index in [9.17, 15) is 4.79 Å². The first kappa shape index (κ1) is 13.4. The first-order valence-electron chi connectivity index (χ1n) is 6.22. The fraction of sp³-hybridized carbons (Fsp3) is 0.500. The number of carbonyl (C=O) groups is 1. The molecule has 0 saturated carbocycles. The van der Waals surface area contributed by atoms with Crippen molar-refractivity contribution < 1.29 is 14.3 Å². The van der Waals surface area contributed by atoms with Crippen LogP contribution in [0.1, 0.15) is 25.3 Å². The van der Waals surface area contributed by atoms with E-state index in [-0.39, 0.29) is 5.97 Å². The highest BCUT2D eigenvalue weighted by Crippen LogP contribution is 2.34. The second-order valence-electron chi connectivity index (χ2n) is 4.48. The highest BCUT2D eigenvalue weighted by atomic mass is 35.5. The lowest BCUT2D eigenvalue weighted by Crippen LogP contribution is -2.27. The average molecular weight is 269 g/mol. The molecule has 4 heteroatoms. The Hall–Kier alpha value is -1.06. The molecule has 1 aromatic carbocycles. The molecule has 0 N–H and O–H groups in total. The van der Waals surface area contributed by atoms with Crippen LogP contribution in [-0.2, 0) is 20.7 Å². The van der Waals surface area contributed by atoms with Crippen molar-refractivity contribution in [1.82, 2.24) is 0 Å². The van der Waals surface area contributed by atoms with Gasteiger partial charge in [-0.25, -0.2) is 4.79 Å². The van der Waals surface area contributed by atoms with Gasteiger partial charge in [-0.15, -0.1) is 0 Å². The third kappa shape index (κ3) is 3.24. The van der Waals surface area contributed by atoms with Gasteiger partial charge in [0.25, 0.3) is 0 Å². The predicted molar refractivity (Wildman–Crippen MR) is 69.7 cm³/mol. The number of aryl methyl sites for hydroxylation is 1. The molecule has 3 nitrogen and oxygen atoms in total. The minimum absolute atomic E-state index is 0.221. The van der Waals surface area contributed by atoms with E-state index in [0.29, 0.717) is 19.6 Å². The Bertz CT molecular complexity index is 410. The molecule has 1 aliphatic heterocycles. The number of benzene rings is 1. The van der Waals surface area contributed by atoms with E-state index in [4.69, 9.17) is 21.1 Å². The summed E-state index contributed by atoms with van der Waals surface area (Å²) in [5.74, 6) is -0.221. The van der Waals surface area contributed by atoms with Crippen molar-refractivity contribution in [3.63, 3.8) is 0 Å². The van der Waals surface area contributed by atoms with Gasteiger partial charge in [-0.3, -0.25) is 0 Å². The molecule has 18 heavy (non-hydrogen) atoms. The van der Waals surface area contributed by atoms with Crippen LogP contribution in [0.15, 0.2) is 24.3 Å². The van der Waals surface area contributed by atoms with Crippen molar-refractivity contribution in [3.8, 4) is 0 Å². The molecule has 1 atom stereocenters. The van der Waals surface area contributed by atoms with Crippen molar-refractivity contribution in [3.05, 3.63) is 34.9 Å². The number of rotatable bonds is 6. The van der Waals surface area contributed by atoms with Crippen LogP contribution in [0, 0.1) is 0 Å². The number of hydrogen-bond donors (Lipinski definition) is 0. The first-order valence-corrected chi connectivity index (χ1v) is 6.60. The van der Waals surface area contributed by atoms with Crippen LogP contribution in [0.4, 0.5) is 0 Å². The average Bonchev–Trinajstić information content (AvgIpc) is 3.13. The molecule has 0 unspecified atom stereocenters. The minimum Gasteiger partial charge on any atom is -0.464 e. The van der Waals surface area contributed by atoms with Crippen LogP contribution < -0.4 is 0 Å². The maximum Gasteiger partial charge on any atom is 0.340 e. The lowest BCUT2D eigenvalue weighted by Gasteiger charge is -2.10. The smallest absolute Gasteiger partial charge is 0.340 e. The fourth-order valence-electron chi connectivity index (χ4n) is 1.94. The van der Waals surface area contributed by atoms with Gasteiger partial charge in [0, 0.05) is 5.02 Å². The van der Waals surface area contributed by atoms with E-state index in [1.165, 1.54) is 5.56 Å². The summed E-state index contributed by atoms with van der Waals surface area (Å²) in [7, 11) is 0. The topological polar surface area (TPSA) is 38.8 Å². The van der Waals surface area contributed by atoms with Gasteiger partial charge in [-0.1, -0.05) is 23.7 Å². The maximum atomic E-state index is 11.6. The molecule has 0 bridgehead atoms. The third-order valence-electron chi connectivity index (χ3n) is 3.10. The van der Waals surface area contributed by atoms with Gasteiger partial charge in [0.1, 0.15) is 0 Å². The van der Waals surface area contributed by atoms with Gasteiger partial charge in [0.05, 0.1) is 13.2 Å². The summed E-state index contributed by atoms with van der Waals surface area (Å²) >= 11 is 5.82. The molecule has 0 spiro atoms. The molecule has 1 saturated heterocycles. The molecule has 0 aromatic heterocycles. The zero-order chi connectivity index (χ0) is 13.0. The van der Waals surface area contributed by atoms with E-state index >= 15 is 0 Å². The standard InChI is InChI=1S/C14H17ClO3/c1-2-17-13(16)14(10-18-14)9-3-4-11-5-7-12(15)8-6-11/h5-8H,2-4,9-10H2,1H3/t14-/m1/s1. The third-order valence-corrected chi connectivity index (χ3v) is 3.35. The van der Waals surface area contributed by atoms with E-state index < -0.39 is 5.60 Å². The lowest BCUT2D eigenvalue weighted by atomic mass is 10.0. The van der Waals surface area contributed by atoms with E-state index in [1.54, 1.807) is 0 Å². The summed E-state index contributed by atoms with van der Waals surface area (Å²) in [6.07, 6.45) is 2.54. The van der Waals surface area contributed by atoms with Gasteiger partial charge in [-0.2, -0.15) is 0 Å². The fourth-order valence-corrected chi connectivity index (χ4v) is 2.07. The van der Waals surface area contributed by atoms with Crippen molar-refractivity contribution in [2.45, 2.75) is 31.8 Å². The van der Waals surface area contributed by atoms with Gasteiger partial charge in [0.2, 0.25) is 0 Å². The molecular formula is C14H17ClO3. The summed E-state index contributed by atoms with van der Waals surface area (Å²) in [5.41, 5.74) is 0.571. The normalized spacial score (nSPS) is 21.7. The lowest BCUT2D eigenvalue weighted by molar-refractivity contribution is -0.149. The first-order chi connectivity index (χ1) is 8.66. The number of hydrogen-bond acceptors (Lipinski definition) is 3. The molecule has 1 fully saturated rings. The van der Waals surface area contributed by atoms with Gasteiger partial charge < -0.3 is 9.47 Å². The molecule has 0 radical (unpaired) electrons. The Morgan fingerprint density at radius 3 is 2.67 bits per heavy atom.